The Balaban J connectivity index is 1.85. The van der Waals surface area contributed by atoms with Gasteiger partial charge in [-0.15, -0.1) is 0 Å². The number of fused-ring (bicyclic) bond motifs is 5. The van der Waals surface area contributed by atoms with E-state index >= 15 is 8.78 Å². The van der Waals surface area contributed by atoms with E-state index in [0.717, 1.165) is 17.8 Å². The van der Waals surface area contributed by atoms with Crippen molar-refractivity contribution in [2.24, 2.45) is 28.6 Å². The fraction of sp³-hybridized carbons (Fsp3) is 0.731. The zero-order valence-corrected chi connectivity index (χ0v) is 21.3. The quantitative estimate of drug-likeness (QED) is 0.546. The van der Waals surface area contributed by atoms with Crippen LogP contribution in [-0.2, 0) is 19.1 Å². The summed E-state index contributed by atoms with van der Waals surface area (Å²) in [5.41, 5.74) is -6.69. The number of halogens is 3. The molecule has 4 aliphatic carbocycles. The first kappa shape index (κ1) is 26.5. The number of aliphatic hydroxyl groups excluding tert-OH is 1. The number of thioether (sulfide) groups is 1. The number of rotatable bonds is 5. The zero-order valence-electron chi connectivity index (χ0n) is 20.5. The third-order valence-electron chi connectivity index (χ3n) is 9.35. The number of allylic oxidation sites excluding steroid dienone is 4. The molecule has 0 radical (unpaired) electrons. The summed E-state index contributed by atoms with van der Waals surface area (Å²) >= 11 is 0.733. The molecule has 9 atom stereocenters. The van der Waals surface area contributed by atoms with Crippen molar-refractivity contribution in [3.8, 4) is 0 Å². The first-order valence-corrected chi connectivity index (χ1v) is 13.2. The van der Waals surface area contributed by atoms with Crippen LogP contribution in [0.25, 0.3) is 0 Å². The second kappa shape index (κ2) is 8.75. The topological polar surface area (TPSA) is 80.7 Å². The van der Waals surface area contributed by atoms with Gasteiger partial charge in [-0.3, -0.25) is 18.8 Å². The highest BCUT2D eigenvalue weighted by Crippen LogP contribution is 2.72. The van der Waals surface area contributed by atoms with E-state index < -0.39 is 75.7 Å². The average Bonchev–Trinajstić information content (AvgIpc) is 3.02. The molecule has 0 aromatic heterocycles. The molecule has 3 saturated carbocycles. The summed E-state index contributed by atoms with van der Waals surface area (Å²) in [6.45, 7) is 5.81. The second-order valence-corrected chi connectivity index (χ2v) is 12.0. The molecule has 5 nitrogen and oxygen atoms in total. The first-order valence-electron chi connectivity index (χ1n) is 12.2. The summed E-state index contributed by atoms with van der Waals surface area (Å²) in [6.07, 6.45) is 0.319. The number of carbonyl (C=O) groups excluding carboxylic acids is 3. The van der Waals surface area contributed by atoms with Crippen LogP contribution < -0.4 is 0 Å². The highest BCUT2D eigenvalue weighted by Gasteiger charge is 2.78. The molecule has 0 aromatic rings. The first-order chi connectivity index (χ1) is 16.3. The van der Waals surface area contributed by atoms with Crippen molar-refractivity contribution < 1.29 is 37.4 Å². The van der Waals surface area contributed by atoms with Crippen molar-refractivity contribution in [3.63, 3.8) is 0 Å². The minimum Gasteiger partial charge on any atom is -0.449 e. The molecular weight excluding hydrogens is 481 g/mol. The van der Waals surface area contributed by atoms with Crippen LogP contribution in [0.2, 0.25) is 0 Å². The molecule has 9 heteroatoms. The smallest absolute Gasteiger partial charge is 0.306 e. The van der Waals surface area contributed by atoms with Gasteiger partial charge in [0.2, 0.25) is 5.12 Å². The fourth-order valence-corrected chi connectivity index (χ4v) is 8.66. The van der Waals surface area contributed by atoms with Gasteiger partial charge < -0.3 is 9.84 Å². The average molecular weight is 515 g/mol. The monoisotopic (exact) mass is 514 g/mol. The zero-order chi connectivity index (χ0) is 26.0. The van der Waals surface area contributed by atoms with Crippen molar-refractivity contribution in [2.45, 2.75) is 76.9 Å². The molecule has 0 saturated heterocycles. The minimum atomic E-state index is -2.29. The molecule has 0 aromatic carbocycles. The summed E-state index contributed by atoms with van der Waals surface area (Å²) in [5, 5.41) is 10.9. The third kappa shape index (κ3) is 3.36. The maximum absolute atomic E-state index is 17.3. The molecule has 2 unspecified atom stereocenters. The Bertz CT molecular complexity index is 999. The van der Waals surface area contributed by atoms with Gasteiger partial charge in [0.25, 0.3) is 0 Å². The molecule has 0 spiro atoms. The number of ketones is 1. The van der Waals surface area contributed by atoms with E-state index in [1.807, 2.05) is 0 Å². The molecule has 4 rings (SSSR count). The lowest BCUT2D eigenvalue weighted by Gasteiger charge is -2.63. The molecule has 0 amide bonds. The van der Waals surface area contributed by atoms with Crippen molar-refractivity contribution in [3.05, 3.63) is 23.8 Å². The Labute approximate surface area is 207 Å². The van der Waals surface area contributed by atoms with E-state index in [9.17, 15) is 23.9 Å². The Morgan fingerprint density at radius 1 is 1.26 bits per heavy atom. The second-order valence-electron chi connectivity index (χ2n) is 10.9. The minimum absolute atomic E-state index is 0.00685. The maximum atomic E-state index is 17.3. The summed E-state index contributed by atoms with van der Waals surface area (Å²) < 4.78 is 51.7. The Morgan fingerprint density at radius 3 is 2.57 bits per heavy atom. The molecule has 1 N–H and O–H groups in total. The van der Waals surface area contributed by atoms with Gasteiger partial charge in [0.15, 0.2) is 17.1 Å². The molecule has 35 heavy (non-hydrogen) atoms. The normalized spacial score (nSPS) is 46.3. The molecule has 194 valence electrons. The predicted octanol–water partition coefficient (Wildman–Crippen LogP) is 4.47. The lowest BCUT2D eigenvalue weighted by Crippen LogP contribution is -2.70. The molecule has 0 bridgehead atoms. The van der Waals surface area contributed by atoms with Crippen LogP contribution in [0.5, 0.6) is 0 Å². The van der Waals surface area contributed by atoms with Gasteiger partial charge in [-0.2, -0.15) is 0 Å². The predicted molar refractivity (Wildman–Crippen MR) is 126 cm³/mol. The fourth-order valence-electron chi connectivity index (χ4n) is 7.71. The van der Waals surface area contributed by atoms with Crippen LogP contribution in [0.15, 0.2) is 23.8 Å². The highest BCUT2D eigenvalue weighted by atomic mass is 32.2. The van der Waals surface area contributed by atoms with E-state index in [1.165, 1.54) is 19.1 Å². The van der Waals surface area contributed by atoms with E-state index in [0.29, 0.717) is 0 Å². The lowest BCUT2D eigenvalue weighted by molar-refractivity contribution is -0.228. The van der Waals surface area contributed by atoms with Gasteiger partial charge >= 0.3 is 5.97 Å². The number of esters is 1. The van der Waals surface area contributed by atoms with Gasteiger partial charge in [0.1, 0.15) is 6.17 Å². The largest absolute Gasteiger partial charge is 0.449 e. The van der Waals surface area contributed by atoms with Gasteiger partial charge in [0.05, 0.1) is 12.8 Å². The van der Waals surface area contributed by atoms with E-state index in [2.05, 4.69) is 0 Å². The SMILES string of the molecule is CCC(=O)O[C@]1(C(=O)SCCF)[C@H](C)CC2C3C[C@H](F)C4=CC(=O)C=C[C@]4(C)[C@@]3(F)[C@@H](O)C[C@@]21C. The summed E-state index contributed by atoms with van der Waals surface area (Å²) in [7, 11) is 0. The van der Waals surface area contributed by atoms with Crippen molar-refractivity contribution in [1.29, 1.82) is 0 Å². The molecular formula is C26H33F3O5S. The Morgan fingerprint density at radius 2 is 1.94 bits per heavy atom. The van der Waals surface area contributed by atoms with Gasteiger partial charge in [0, 0.05) is 34.8 Å². The van der Waals surface area contributed by atoms with Gasteiger partial charge in [-0.25, -0.2) is 8.78 Å². The van der Waals surface area contributed by atoms with E-state index in [1.54, 1.807) is 20.8 Å². The standard InChI is InChI=1S/C26H33F3O5S/c1-5-21(32)34-26(22(33)35-9-8-27)14(2)10-16-17-12-19(28)18-11-15(30)6-7-23(18,3)25(17,29)20(31)13-24(16,26)4/h6-7,11,14,16-17,19-20,31H,5,8-10,12-13H2,1-4H3/t14-,16?,17?,19+,20+,23+,24+,25+,26+/m1/s1. The number of hydrogen-bond donors (Lipinski definition) is 1. The summed E-state index contributed by atoms with van der Waals surface area (Å²) in [4.78, 5) is 38.1. The molecule has 4 aliphatic rings. The van der Waals surface area contributed by atoms with E-state index in [4.69, 9.17) is 4.74 Å². The Hall–Kier alpha value is -1.61. The van der Waals surface area contributed by atoms with Crippen LogP contribution >= 0.6 is 11.8 Å². The van der Waals surface area contributed by atoms with Crippen molar-refractivity contribution in [2.75, 3.05) is 12.4 Å². The molecule has 3 fully saturated rings. The van der Waals surface area contributed by atoms with Gasteiger partial charge in [-0.1, -0.05) is 38.6 Å². The van der Waals surface area contributed by atoms with Crippen LogP contribution in [-0.4, -0.2) is 57.9 Å². The number of carbonyl (C=O) groups is 3. The summed E-state index contributed by atoms with van der Waals surface area (Å²) in [6, 6.07) is 0. The third-order valence-corrected chi connectivity index (χ3v) is 10.3. The highest BCUT2D eigenvalue weighted by molar-refractivity contribution is 8.13. The van der Waals surface area contributed by atoms with Crippen LogP contribution in [0.4, 0.5) is 13.2 Å². The molecule has 0 aliphatic heterocycles. The molecule has 0 heterocycles. The van der Waals surface area contributed by atoms with Crippen LogP contribution in [0.3, 0.4) is 0 Å². The number of hydrogen-bond acceptors (Lipinski definition) is 6. The van der Waals surface area contributed by atoms with Crippen molar-refractivity contribution >= 4 is 28.6 Å². The summed E-state index contributed by atoms with van der Waals surface area (Å²) in [5.74, 6) is -3.28. The van der Waals surface area contributed by atoms with Crippen molar-refractivity contribution in [1.82, 2.24) is 0 Å². The number of ether oxygens (including phenoxy) is 1. The maximum Gasteiger partial charge on any atom is 0.306 e. The number of alkyl halides is 3. The van der Waals surface area contributed by atoms with Crippen LogP contribution in [0, 0.1) is 28.6 Å². The number of aliphatic hydroxyl groups is 1. The van der Waals surface area contributed by atoms with E-state index in [-0.39, 0.29) is 37.0 Å². The van der Waals surface area contributed by atoms with Gasteiger partial charge in [-0.05, 0) is 49.8 Å². The lowest BCUT2D eigenvalue weighted by atomic mass is 9.44. The van der Waals surface area contributed by atoms with Crippen LogP contribution in [0.1, 0.15) is 53.4 Å². The Kier molecular flexibility index (Phi) is 6.61.